The Labute approximate surface area is 71.6 Å². The molecule has 0 heterocycles. The van der Waals surface area contributed by atoms with Crippen molar-refractivity contribution in [3.63, 3.8) is 0 Å². The van der Waals surface area contributed by atoms with Crippen molar-refractivity contribution in [1.29, 1.82) is 0 Å². The van der Waals surface area contributed by atoms with Gasteiger partial charge in [0, 0.05) is 0 Å². The Bertz CT molecular complexity index is 189. The summed E-state index contributed by atoms with van der Waals surface area (Å²) in [5, 5.41) is 9.98. The lowest BCUT2D eigenvalue weighted by Gasteiger charge is -2.17. The third-order valence-electron chi connectivity index (χ3n) is 1.86. The van der Waals surface area contributed by atoms with Crippen molar-refractivity contribution >= 4 is 5.91 Å². The number of carbonyl (C=O) groups excluding carboxylic acids is 1. The molecule has 1 saturated carbocycles. The van der Waals surface area contributed by atoms with E-state index >= 15 is 0 Å². The zero-order valence-corrected chi connectivity index (χ0v) is 6.94. The second-order valence-electron chi connectivity index (χ2n) is 3.04. The van der Waals surface area contributed by atoms with Crippen LogP contribution in [0.4, 0.5) is 0 Å². The topological polar surface area (TPSA) is 66.6 Å². The minimum atomic E-state index is -0.645. The summed E-state index contributed by atoms with van der Waals surface area (Å²) in [6.45, 7) is 3.47. The number of nitrogens with zero attached hydrogens (tertiary/aromatic N) is 1. The summed E-state index contributed by atoms with van der Waals surface area (Å²) in [6, 6.07) is -0.638. The van der Waals surface area contributed by atoms with Gasteiger partial charge in [-0.25, -0.2) is 5.06 Å². The van der Waals surface area contributed by atoms with Crippen LogP contribution >= 0.6 is 0 Å². The van der Waals surface area contributed by atoms with Gasteiger partial charge >= 0.3 is 0 Å². The van der Waals surface area contributed by atoms with Gasteiger partial charge in [-0.2, -0.15) is 0 Å². The van der Waals surface area contributed by atoms with E-state index in [4.69, 9.17) is 5.73 Å². The monoisotopic (exact) mass is 170 g/mol. The van der Waals surface area contributed by atoms with Crippen LogP contribution in [0.2, 0.25) is 0 Å². The second kappa shape index (κ2) is 3.69. The van der Waals surface area contributed by atoms with E-state index in [0.29, 0.717) is 6.42 Å². The molecule has 1 fully saturated rings. The molecule has 0 aromatic carbocycles. The second-order valence-corrected chi connectivity index (χ2v) is 3.04. The molecule has 0 saturated heterocycles. The van der Waals surface area contributed by atoms with Crippen molar-refractivity contribution in [2.45, 2.75) is 31.3 Å². The molecule has 1 aliphatic rings. The maximum atomic E-state index is 11.2. The molecule has 0 aromatic heterocycles. The van der Waals surface area contributed by atoms with Crippen LogP contribution < -0.4 is 5.73 Å². The lowest BCUT2D eigenvalue weighted by atomic mass is 10.2. The van der Waals surface area contributed by atoms with Crippen molar-refractivity contribution in [2.75, 3.05) is 0 Å². The summed E-state index contributed by atoms with van der Waals surface area (Å²) < 4.78 is 0. The minimum Gasteiger partial charge on any atom is -0.320 e. The lowest BCUT2D eigenvalue weighted by molar-refractivity contribution is -0.169. The molecule has 0 radical (unpaired) electrons. The van der Waals surface area contributed by atoms with E-state index in [2.05, 4.69) is 6.58 Å². The lowest BCUT2D eigenvalue weighted by Crippen LogP contribution is -2.42. The number of hydroxylamine groups is 2. The van der Waals surface area contributed by atoms with E-state index in [1.807, 2.05) is 0 Å². The SMILES string of the molecule is C=CCC(N)C(=O)N(O)C1CC1. The maximum absolute atomic E-state index is 11.2. The smallest absolute Gasteiger partial charge is 0.263 e. The average molecular weight is 170 g/mol. The molecule has 1 unspecified atom stereocenters. The van der Waals surface area contributed by atoms with Crippen molar-refractivity contribution in [3.05, 3.63) is 12.7 Å². The van der Waals surface area contributed by atoms with E-state index in [-0.39, 0.29) is 6.04 Å². The number of amides is 1. The van der Waals surface area contributed by atoms with Crippen LogP contribution in [-0.4, -0.2) is 28.3 Å². The minimum absolute atomic E-state index is 0.00775. The highest BCUT2D eigenvalue weighted by Crippen LogP contribution is 2.25. The predicted molar refractivity (Wildman–Crippen MR) is 44.4 cm³/mol. The zero-order valence-electron chi connectivity index (χ0n) is 6.94. The number of hydrogen-bond donors (Lipinski definition) is 2. The standard InChI is InChI=1S/C8H14N2O2/c1-2-3-7(9)8(11)10(12)6-4-5-6/h2,6-7,12H,1,3-5,9H2. The van der Waals surface area contributed by atoms with Crippen LogP contribution in [0.15, 0.2) is 12.7 Å². The first kappa shape index (κ1) is 9.22. The highest BCUT2D eigenvalue weighted by molar-refractivity contribution is 5.81. The first-order valence-corrected chi connectivity index (χ1v) is 4.05. The van der Waals surface area contributed by atoms with Gasteiger partial charge in [0.25, 0.3) is 5.91 Å². The van der Waals surface area contributed by atoms with Crippen LogP contribution in [0.3, 0.4) is 0 Å². The van der Waals surface area contributed by atoms with Gasteiger partial charge in [0.2, 0.25) is 0 Å². The fourth-order valence-corrected chi connectivity index (χ4v) is 0.949. The molecule has 3 N–H and O–H groups in total. The van der Waals surface area contributed by atoms with Gasteiger partial charge in [-0.05, 0) is 19.3 Å². The largest absolute Gasteiger partial charge is 0.320 e. The Hall–Kier alpha value is -0.870. The van der Waals surface area contributed by atoms with E-state index in [1.165, 1.54) is 0 Å². The number of nitrogens with two attached hydrogens (primary N) is 1. The van der Waals surface area contributed by atoms with Crippen LogP contribution in [0.25, 0.3) is 0 Å². The Morgan fingerprint density at radius 1 is 1.83 bits per heavy atom. The highest BCUT2D eigenvalue weighted by Gasteiger charge is 2.33. The Morgan fingerprint density at radius 3 is 2.83 bits per heavy atom. The predicted octanol–water partition coefficient (Wildman–Crippen LogP) is 0.270. The highest BCUT2D eigenvalue weighted by atomic mass is 16.5. The van der Waals surface area contributed by atoms with Crippen molar-refractivity contribution < 1.29 is 10.0 Å². The first-order chi connectivity index (χ1) is 5.66. The molecule has 0 spiro atoms. The van der Waals surface area contributed by atoms with Gasteiger partial charge in [-0.15, -0.1) is 6.58 Å². The van der Waals surface area contributed by atoms with Gasteiger partial charge in [0.1, 0.15) is 0 Å². The van der Waals surface area contributed by atoms with Gasteiger partial charge < -0.3 is 5.73 Å². The van der Waals surface area contributed by atoms with E-state index in [9.17, 15) is 10.0 Å². The molecule has 4 nitrogen and oxygen atoms in total. The molecule has 68 valence electrons. The van der Waals surface area contributed by atoms with Gasteiger partial charge in [0.05, 0.1) is 12.1 Å². The van der Waals surface area contributed by atoms with Crippen LogP contribution in [0, 0.1) is 0 Å². The van der Waals surface area contributed by atoms with Crippen molar-refractivity contribution in [2.24, 2.45) is 5.73 Å². The summed E-state index contributed by atoms with van der Waals surface area (Å²) in [6.07, 6.45) is 3.73. The number of rotatable bonds is 4. The summed E-state index contributed by atoms with van der Waals surface area (Å²) in [4.78, 5) is 11.2. The van der Waals surface area contributed by atoms with Gasteiger partial charge in [0.15, 0.2) is 0 Å². The summed E-state index contributed by atoms with van der Waals surface area (Å²) in [7, 11) is 0. The molecule has 1 aliphatic carbocycles. The molecule has 1 atom stereocenters. The summed E-state index contributed by atoms with van der Waals surface area (Å²) >= 11 is 0. The quantitative estimate of drug-likeness (QED) is 0.361. The third-order valence-corrected chi connectivity index (χ3v) is 1.86. The fourth-order valence-electron chi connectivity index (χ4n) is 0.949. The van der Waals surface area contributed by atoms with Crippen LogP contribution in [0.5, 0.6) is 0 Å². The van der Waals surface area contributed by atoms with Gasteiger partial charge in [-0.3, -0.25) is 10.0 Å². The third kappa shape index (κ3) is 2.06. The Morgan fingerprint density at radius 2 is 2.42 bits per heavy atom. The molecule has 0 aromatic rings. The molecule has 12 heavy (non-hydrogen) atoms. The van der Waals surface area contributed by atoms with Crippen molar-refractivity contribution in [3.8, 4) is 0 Å². The normalized spacial score (nSPS) is 18.5. The zero-order chi connectivity index (χ0) is 9.14. The maximum Gasteiger partial charge on any atom is 0.263 e. The fraction of sp³-hybridized carbons (Fsp3) is 0.625. The van der Waals surface area contributed by atoms with Gasteiger partial charge in [-0.1, -0.05) is 6.08 Å². The van der Waals surface area contributed by atoms with Crippen LogP contribution in [0.1, 0.15) is 19.3 Å². The summed E-state index contributed by atoms with van der Waals surface area (Å²) in [5.74, 6) is -0.405. The molecule has 0 bridgehead atoms. The Balaban J connectivity index is 2.38. The number of hydrogen-bond acceptors (Lipinski definition) is 3. The Kier molecular flexibility index (Phi) is 2.83. The molecule has 1 amide bonds. The molecular formula is C8H14N2O2. The average Bonchev–Trinajstić information content (AvgIpc) is 2.84. The molecule has 1 rings (SSSR count). The molecule has 4 heteroatoms. The van der Waals surface area contributed by atoms with E-state index < -0.39 is 11.9 Å². The molecular weight excluding hydrogens is 156 g/mol. The van der Waals surface area contributed by atoms with E-state index in [1.54, 1.807) is 6.08 Å². The first-order valence-electron chi connectivity index (χ1n) is 4.05. The molecule has 0 aliphatic heterocycles. The van der Waals surface area contributed by atoms with Crippen molar-refractivity contribution in [1.82, 2.24) is 5.06 Å². The van der Waals surface area contributed by atoms with Crippen LogP contribution in [-0.2, 0) is 4.79 Å². The summed E-state index contributed by atoms with van der Waals surface area (Å²) in [5.41, 5.74) is 5.47. The number of carbonyl (C=O) groups is 1. The van der Waals surface area contributed by atoms with E-state index in [0.717, 1.165) is 17.9 Å².